The molecule has 86 valence electrons. The molecule has 0 spiro atoms. The van der Waals surface area contributed by atoms with Gasteiger partial charge >= 0.3 is 0 Å². The number of hydrogen-bond acceptors (Lipinski definition) is 3. The van der Waals surface area contributed by atoms with Crippen LogP contribution < -0.4 is 10.5 Å². The van der Waals surface area contributed by atoms with Crippen molar-refractivity contribution in [3.63, 3.8) is 0 Å². The first-order valence-electron chi connectivity index (χ1n) is 4.85. The fraction of sp³-hybridized carbons (Fsp3) is 0. The molecule has 0 saturated heterocycles. The SMILES string of the molecule is NC(=S)c1cc(Oc2ccccc2Cl)ccn1. The van der Waals surface area contributed by atoms with E-state index in [9.17, 15) is 0 Å². The summed E-state index contributed by atoms with van der Waals surface area (Å²) in [4.78, 5) is 4.25. The van der Waals surface area contributed by atoms with Crippen LogP contribution in [0.5, 0.6) is 11.5 Å². The van der Waals surface area contributed by atoms with Gasteiger partial charge in [0.2, 0.25) is 0 Å². The third-order valence-corrected chi connectivity index (χ3v) is 2.57. The zero-order valence-corrected chi connectivity index (χ0v) is 10.3. The zero-order valence-electron chi connectivity index (χ0n) is 8.76. The summed E-state index contributed by atoms with van der Waals surface area (Å²) < 4.78 is 5.61. The maximum Gasteiger partial charge on any atom is 0.146 e. The highest BCUT2D eigenvalue weighted by molar-refractivity contribution is 7.80. The summed E-state index contributed by atoms with van der Waals surface area (Å²) in [5, 5.41) is 0.543. The number of nitrogens with two attached hydrogens (primary N) is 1. The summed E-state index contributed by atoms with van der Waals surface area (Å²) in [5.41, 5.74) is 6.01. The van der Waals surface area contributed by atoms with Crippen molar-refractivity contribution in [2.75, 3.05) is 0 Å². The van der Waals surface area contributed by atoms with E-state index in [-0.39, 0.29) is 4.99 Å². The molecule has 3 nitrogen and oxygen atoms in total. The Morgan fingerprint density at radius 3 is 2.76 bits per heavy atom. The number of hydrogen-bond donors (Lipinski definition) is 1. The zero-order chi connectivity index (χ0) is 12.3. The van der Waals surface area contributed by atoms with E-state index in [1.807, 2.05) is 12.1 Å². The summed E-state index contributed by atoms with van der Waals surface area (Å²) in [7, 11) is 0. The van der Waals surface area contributed by atoms with Gasteiger partial charge in [0.1, 0.15) is 22.2 Å². The predicted molar refractivity (Wildman–Crippen MR) is 71.7 cm³/mol. The maximum absolute atomic E-state index is 5.99. The summed E-state index contributed by atoms with van der Waals surface area (Å²) in [6.45, 7) is 0. The molecule has 5 heteroatoms. The van der Waals surface area contributed by atoms with Gasteiger partial charge in [-0.05, 0) is 18.2 Å². The molecule has 0 fully saturated rings. The minimum Gasteiger partial charge on any atom is -0.456 e. The quantitative estimate of drug-likeness (QED) is 0.865. The minimum atomic E-state index is 0.231. The lowest BCUT2D eigenvalue weighted by molar-refractivity contribution is 0.482. The van der Waals surface area contributed by atoms with Crippen molar-refractivity contribution in [1.29, 1.82) is 0 Å². The van der Waals surface area contributed by atoms with Gasteiger partial charge in [-0.3, -0.25) is 4.98 Å². The second-order valence-corrected chi connectivity index (χ2v) is 4.12. The molecule has 0 atom stereocenters. The molecule has 0 saturated carbocycles. The summed E-state index contributed by atoms with van der Waals surface area (Å²) in [6.07, 6.45) is 1.58. The lowest BCUT2D eigenvalue weighted by Gasteiger charge is -2.07. The van der Waals surface area contributed by atoms with Crippen LogP contribution in [-0.4, -0.2) is 9.97 Å². The second kappa shape index (κ2) is 5.12. The molecule has 0 radical (unpaired) electrons. The van der Waals surface area contributed by atoms with E-state index in [0.717, 1.165) is 0 Å². The van der Waals surface area contributed by atoms with Crippen LogP contribution in [0.3, 0.4) is 0 Å². The van der Waals surface area contributed by atoms with Crippen LogP contribution >= 0.6 is 23.8 Å². The Balaban J connectivity index is 2.28. The van der Waals surface area contributed by atoms with E-state index in [1.165, 1.54) is 0 Å². The van der Waals surface area contributed by atoms with Crippen LogP contribution in [-0.2, 0) is 0 Å². The summed E-state index contributed by atoms with van der Waals surface area (Å²) in [6, 6.07) is 10.6. The number of thiocarbonyl (C=S) groups is 1. The molecule has 0 aliphatic rings. The van der Waals surface area contributed by atoms with Gasteiger partial charge in [-0.1, -0.05) is 36.0 Å². The molecule has 2 N–H and O–H groups in total. The second-order valence-electron chi connectivity index (χ2n) is 3.27. The van der Waals surface area contributed by atoms with Crippen molar-refractivity contribution < 1.29 is 4.74 Å². The van der Waals surface area contributed by atoms with Gasteiger partial charge in [-0.2, -0.15) is 0 Å². The number of rotatable bonds is 3. The maximum atomic E-state index is 5.99. The predicted octanol–water partition coefficient (Wildman–Crippen LogP) is 3.16. The third-order valence-electron chi connectivity index (χ3n) is 2.05. The molecular weight excluding hydrogens is 256 g/mol. The molecule has 0 amide bonds. The molecule has 0 aliphatic carbocycles. The molecule has 1 aromatic carbocycles. The van der Waals surface area contributed by atoms with Gasteiger partial charge in [-0.15, -0.1) is 0 Å². The van der Waals surface area contributed by atoms with Crippen LogP contribution in [0.15, 0.2) is 42.6 Å². The van der Waals surface area contributed by atoms with Gasteiger partial charge in [0.05, 0.1) is 5.02 Å². The first-order valence-corrected chi connectivity index (χ1v) is 5.63. The number of benzene rings is 1. The lowest BCUT2D eigenvalue weighted by atomic mass is 10.3. The highest BCUT2D eigenvalue weighted by Gasteiger charge is 2.04. The molecule has 17 heavy (non-hydrogen) atoms. The normalized spacial score (nSPS) is 9.94. The number of halogens is 1. The van der Waals surface area contributed by atoms with Gasteiger partial charge < -0.3 is 10.5 Å². The molecule has 1 heterocycles. The average Bonchev–Trinajstić information content (AvgIpc) is 2.32. The van der Waals surface area contributed by atoms with Crippen molar-refractivity contribution in [2.45, 2.75) is 0 Å². The molecular formula is C12H9ClN2OS. The van der Waals surface area contributed by atoms with E-state index in [0.29, 0.717) is 22.2 Å². The Kier molecular flexibility index (Phi) is 3.56. The topological polar surface area (TPSA) is 48.1 Å². The van der Waals surface area contributed by atoms with Crippen LogP contribution in [0, 0.1) is 0 Å². The number of aromatic nitrogens is 1. The van der Waals surface area contributed by atoms with E-state index >= 15 is 0 Å². The fourth-order valence-electron chi connectivity index (χ4n) is 1.26. The van der Waals surface area contributed by atoms with E-state index in [4.69, 9.17) is 34.3 Å². The fourth-order valence-corrected chi connectivity index (χ4v) is 1.55. The molecule has 2 rings (SSSR count). The average molecular weight is 265 g/mol. The van der Waals surface area contributed by atoms with Crippen molar-refractivity contribution in [3.05, 3.63) is 53.3 Å². The molecule has 1 aromatic heterocycles. The highest BCUT2D eigenvalue weighted by Crippen LogP contribution is 2.28. The van der Waals surface area contributed by atoms with Crippen molar-refractivity contribution in [3.8, 4) is 11.5 Å². The number of pyridine rings is 1. The van der Waals surface area contributed by atoms with Gasteiger partial charge in [0, 0.05) is 12.3 Å². The van der Waals surface area contributed by atoms with Gasteiger partial charge in [0.15, 0.2) is 0 Å². The Morgan fingerprint density at radius 2 is 2.06 bits per heavy atom. The minimum absolute atomic E-state index is 0.231. The van der Waals surface area contributed by atoms with Gasteiger partial charge in [-0.25, -0.2) is 0 Å². The first kappa shape index (κ1) is 11.8. The van der Waals surface area contributed by atoms with Crippen LogP contribution in [0.2, 0.25) is 5.02 Å². The highest BCUT2D eigenvalue weighted by atomic mass is 35.5. The largest absolute Gasteiger partial charge is 0.456 e. The van der Waals surface area contributed by atoms with Crippen molar-refractivity contribution in [2.24, 2.45) is 5.73 Å². The molecule has 2 aromatic rings. The first-order chi connectivity index (χ1) is 8.16. The summed E-state index contributed by atoms with van der Waals surface area (Å²) >= 11 is 10.8. The molecule has 0 bridgehead atoms. The standard InChI is InChI=1S/C12H9ClN2OS/c13-9-3-1-2-4-11(9)16-8-5-6-15-10(7-8)12(14)17/h1-7H,(H2,14,17). The lowest BCUT2D eigenvalue weighted by Crippen LogP contribution is -2.11. The third kappa shape index (κ3) is 2.93. The Labute approximate surface area is 109 Å². The Morgan fingerprint density at radius 1 is 1.29 bits per heavy atom. The van der Waals surface area contributed by atoms with Crippen molar-refractivity contribution in [1.82, 2.24) is 4.98 Å². The molecule has 0 aliphatic heterocycles. The molecule has 0 unspecified atom stereocenters. The van der Waals surface area contributed by atoms with Crippen LogP contribution in [0.1, 0.15) is 5.69 Å². The number of ether oxygens (including phenoxy) is 1. The van der Waals surface area contributed by atoms with Crippen LogP contribution in [0.4, 0.5) is 0 Å². The van der Waals surface area contributed by atoms with Crippen molar-refractivity contribution >= 4 is 28.8 Å². The Bertz CT molecular complexity index is 560. The van der Waals surface area contributed by atoms with E-state index in [2.05, 4.69) is 4.98 Å². The van der Waals surface area contributed by atoms with Gasteiger partial charge in [0.25, 0.3) is 0 Å². The monoisotopic (exact) mass is 264 g/mol. The Hall–Kier alpha value is -1.65. The number of para-hydroxylation sites is 1. The number of nitrogens with zero attached hydrogens (tertiary/aromatic N) is 1. The van der Waals surface area contributed by atoms with E-state index < -0.39 is 0 Å². The summed E-state index contributed by atoms with van der Waals surface area (Å²) in [5.74, 6) is 1.17. The van der Waals surface area contributed by atoms with Crippen LogP contribution in [0.25, 0.3) is 0 Å². The smallest absolute Gasteiger partial charge is 0.146 e. The van der Waals surface area contributed by atoms with E-state index in [1.54, 1.807) is 30.5 Å².